The molecule has 100 valence electrons. The highest BCUT2D eigenvalue weighted by molar-refractivity contribution is 5.19. The lowest BCUT2D eigenvalue weighted by molar-refractivity contribution is 0.335. The molecule has 1 aromatic rings. The molecular weight excluding hydrogens is 241 g/mol. The highest BCUT2D eigenvalue weighted by Gasteiger charge is 2.11. The lowest BCUT2D eigenvalue weighted by Gasteiger charge is -2.14. The fourth-order valence-electron chi connectivity index (χ4n) is 2.19. The van der Waals surface area contributed by atoms with Crippen LogP contribution in [0, 0.1) is 17.5 Å². The molecule has 0 atom stereocenters. The number of hydrogen-bond acceptors (Lipinski definition) is 2. The maximum absolute atomic E-state index is 12.9. The lowest BCUT2D eigenvalue weighted by atomic mass is 10.2. The maximum Gasteiger partial charge on any atom is 0.194 e. The van der Waals surface area contributed by atoms with Crippen LogP contribution in [0.5, 0.6) is 0 Å². The first-order chi connectivity index (χ1) is 8.66. The van der Waals surface area contributed by atoms with Crippen LogP contribution in [0.25, 0.3) is 0 Å². The molecule has 2 rings (SSSR count). The molecule has 5 heteroatoms. The van der Waals surface area contributed by atoms with Crippen molar-refractivity contribution in [2.75, 3.05) is 26.2 Å². The molecule has 0 aromatic heterocycles. The number of likely N-dealkylation sites (tertiary alicyclic amines) is 1. The monoisotopic (exact) mass is 258 g/mol. The number of nitrogens with zero attached hydrogens (tertiary/aromatic N) is 1. The Kier molecular flexibility index (Phi) is 4.60. The molecule has 2 nitrogen and oxygen atoms in total. The molecule has 0 bridgehead atoms. The standard InChI is InChI=1S/C13H17F3N2/c14-11-7-10(8-12(15)13(11)16)9-17-3-6-18-4-1-2-5-18/h7-8,17H,1-6,9H2. The second kappa shape index (κ2) is 6.20. The molecule has 0 spiro atoms. The number of hydrogen-bond donors (Lipinski definition) is 1. The molecule has 0 unspecified atom stereocenters. The van der Waals surface area contributed by atoms with E-state index >= 15 is 0 Å². The summed E-state index contributed by atoms with van der Waals surface area (Å²) in [6.45, 7) is 4.30. The summed E-state index contributed by atoms with van der Waals surface area (Å²) in [5.41, 5.74) is 0.424. The zero-order chi connectivity index (χ0) is 13.0. The summed E-state index contributed by atoms with van der Waals surface area (Å²) in [5.74, 6) is -3.67. The zero-order valence-corrected chi connectivity index (χ0v) is 10.2. The van der Waals surface area contributed by atoms with Gasteiger partial charge in [-0.1, -0.05) is 0 Å². The van der Waals surface area contributed by atoms with Gasteiger partial charge in [0, 0.05) is 19.6 Å². The summed E-state index contributed by atoms with van der Waals surface area (Å²) in [7, 11) is 0. The smallest absolute Gasteiger partial charge is 0.194 e. The predicted molar refractivity (Wildman–Crippen MR) is 63.7 cm³/mol. The molecule has 0 aliphatic carbocycles. The summed E-state index contributed by atoms with van der Waals surface area (Å²) in [5, 5.41) is 3.11. The van der Waals surface area contributed by atoms with Crippen molar-refractivity contribution in [1.29, 1.82) is 0 Å². The molecule has 1 aliphatic rings. The van der Waals surface area contributed by atoms with E-state index in [2.05, 4.69) is 10.2 Å². The van der Waals surface area contributed by atoms with E-state index in [1.165, 1.54) is 12.8 Å². The second-order valence-corrected chi connectivity index (χ2v) is 4.60. The van der Waals surface area contributed by atoms with Gasteiger partial charge in [0.05, 0.1) is 0 Å². The van der Waals surface area contributed by atoms with Crippen LogP contribution in [0.1, 0.15) is 18.4 Å². The van der Waals surface area contributed by atoms with Crippen LogP contribution in [-0.2, 0) is 6.54 Å². The first kappa shape index (κ1) is 13.4. The first-order valence-electron chi connectivity index (χ1n) is 6.23. The Morgan fingerprint density at radius 3 is 2.28 bits per heavy atom. The highest BCUT2D eigenvalue weighted by Crippen LogP contribution is 2.13. The van der Waals surface area contributed by atoms with Crippen LogP contribution in [0.15, 0.2) is 12.1 Å². The van der Waals surface area contributed by atoms with Crippen molar-refractivity contribution in [2.24, 2.45) is 0 Å². The van der Waals surface area contributed by atoms with Gasteiger partial charge in [-0.05, 0) is 43.6 Å². The molecule has 0 saturated carbocycles. The van der Waals surface area contributed by atoms with Gasteiger partial charge in [-0.25, -0.2) is 13.2 Å². The van der Waals surface area contributed by atoms with Crippen LogP contribution in [0.2, 0.25) is 0 Å². The quantitative estimate of drug-likeness (QED) is 0.644. The molecular formula is C13H17F3N2. The van der Waals surface area contributed by atoms with Gasteiger partial charge in [-0.2, -0.15) is 0 Å². The van der Waals surface area contributed by atoms with Crippen molar-refractivity contribution in [3.05, 3.63) is 35.1 Å². The highest BCUT2D eigenvalue weighted by atomic mass is 19.2. The normalized spacial score (nSPS) is 16.4. The fourth-order valence-corrected chi connectivity index (χ4v) is 2.19. The number of benzene rings is 1. The van der Waals surface area contributed by atoms with E-state index in [9.17, 15) is 13.2 Å². The minimum Gasteiger partial charge on any atom is -0.311 e. The topological polar surface area (TPSA) is 15.3 Å². The maximum atomic E-state index is 12.9. The molecule has 1 aliphatic heterocycles. The number of nitrogens with one attached hydrogen (secondary N) is 1. The minimum atomic E-state index is -1.41. The Morgan fingerprint density at radius 2 is 1.67 bits per heavy atom. The van der Waals surface area contributed by atoms with Gasteiger partial charge >= 0.3 is 0 Å². The van der Waals surface area contributed by atoms with Crippen molar-refractivity contribution in [3.63, 3.8) is 0 Å². The van der Waals surface area contributed by atoms with Gasteiger partial charge in [0.2, 0.25) is 0 Å². The van der Waals surface area contributed by atoms with Crippen molar-refractivity contribution in [3.8, 4) is 0 Å². The molecule has 1 heterocycles. The van der Waals surface area contributed by atoms with Crippen LogP contribution in [0.4, 0.5) is 13.2 Å². The average Bonchev–Trinajstić information content (AvgIpc) is 2.84. The summed E-state index contributed by atoms with van der Waals surface area (Å²) >= 11 is 0. The third kappa shape index (κ3) is 3.46. The van der Waals surface area contributed by atoms with Crippen LogP contribution >= 0.6 is 0 Å². The van der Waals surface area contributed by atoms with Crippen LogP contribution in [-0.4, -0.2) is 31.1 Å². The number of halogens is 3. The van der Waals surface area contributed by atoms with E-state index in [4.69, 9.17) is 0 Å². The van der Waals surface area contributed by atoms with Crippen molar-refractivity contribution < 1.29 is 13.2 Å². The Hall–Kier alpha value is -1.07. The van der Waals surface area contributed by atoms with Crippen molar-refractivity contribution in [2.45, 2.75) is 19.4 Å². The SMILES string of the molecule is Fc1cc(CNCCN2CCCC2)cc(F)c1F. The minimum absolute atomic E-state index is 0.349. The zero-order valence-electron chi connectivity index (χ0n) is 10.2. The molecule has 0 radical (unpaired) electrons. The first-order valence-corrected chi connectivity index (χ1v) is 6.23. The Labute approximate surface area is 105 Å². The van der Waals surface area contributed by atoms with E-state index in [-0.39, 0.29) is 0 Å². The summed E-state index contributed by atoms with van der Waals surface area (Å²) in [4.78, 5) is 2.35. The van der Waals surface area contributed by atoms with Gasteiger partial charge < -0.3 is 10.2 Å². The predicted octanol–water partition coefficient (Wildman–Crippen LogP) is 2.29. The Balaban J connectivity index is 1.76. The molecule has 1 saturated heterocycles. The molecule has 0 amide bonds. The molecule has 1 fully saturated rings. The summed E-state index contributed by atoms with van der Waals surface area (Å²) < 4.78 is 38.6. The number of rotatable bonds is 5. The Morgan fingerprint density at radius 1 is 1.06 bits per heavy atom. The van der Waals surface area contributed by atoms with Crippen LogP contribution in [0.3, 0.4) is 0 Å². The largest absolute Gasteiger partial charge is 0.311 e. The van der Waals surface area contributed by atoms with Gasteiger partial charge in [0.1, 0.15) is 0 Å². The summed E-state index contributed by atoms with van der Waals surface area (Å²) in [6.07, 6.45) is 2.49. The van der Waals surface area contributed by atoms with E-state index < -0.39 is 17.5 Å². The van der Waals surface area contributed by atoms with Crippen LogP contribution < -0.4 is 5.32 Å². The molecule has 1 aromatic carbocycles. The molecule has 18 heavy (non-hydrogen) atoms. The second-order valence-electron chi connectivity index (χ2n) is 4.60. The van der Waals surface area contributed by atoms with Gasteiger partial charge in [0.15, 0.2) is 17.5 Å². The van der Waals surface area contributed by atoms with Crippen molar-refractivity contribution >= 4 is 0 Å². The van der Waals surface area contributed by atoms with Crippen molar-refractivity contribution in [1.82, 2.24) is 10.2 Å². The van der Waals surface area contributed by atoms with E-state index in [0.29, 0.717) is 12.1 Å². The third-order valence-electron chi connectivity index (χ3n) is 3.18. The Bertz CT molecular complexity index is 380. The summed E-state index contributed by atoms with van der Waals surface area (Å²) in [6, 6.07) is 2.06. The fraction of sp³-hybridized carbons (Fsp3) is 0.538. The van der Waals surface area contributed by atoms with E-state index in [0.717, 1.165) is 38.3 Å². The lowest BCUT2D eigenvalue weighted by Crippen LogP contribution is -2.29. The molecule has 1 N–H and O–H groups in total. The van der Waals surface area contributed by atoms with Gasteiger partial charge in [-0.15, -0.1) is 0 Å². The average molecular weight is 258 g/mol. The van der Waals surface area contributed by atoms with Gasteiger partial charge in [-0.3, -0.25) is 0 Å². The van der Waals surface area contributed by atoms with E-state index in [1.54, 1.807) is 0 Å². The third-order valence-corrected chi connectivity index (χ3v) is 3.18. The van der Waals surface area contributed by atoms with Gasteiger partial charge in [0.25, 0.3) is 0 Å². The van der Waals surface area contributed by atoms with E-state index in [1.807, 2.05) is 0 Å².